The van der Waals surface area contributed by atoms with Crippen molar-refractivity contribution in [3.8, 4) is 5.82 Å². The highest BCUT2D eigenvalue weighted by Crippen LogP contribution is 2.04. The molecule has 0 aliphatic heterocycles. The SMILES string of the molecule is O=CC=Cc1cn(-c2cnccn2)cn1. The van der Waals surface area contributed by atoms with E-state index in [1.165, 1.54) is 6.08 Å². The lowest BCUT2D eigenvalue weighted by molar-refractivity contribution is -0.104. The van der Waals surface area contributed by atoms with Gasteiger partial charge in [0, 0.05) is 18.6 Å². The summed E-state index contributed by atoms with van der Waals surface area (Å²) in [5, 5.41) is 0. The molecule has 0 saturated heterocycles. The molecule has 0 aliphatic carbocycles. The summed E-state index contributed by atoms with van der Waals surface area (Å²) in [4.78, 5) is 22.2. The van der Waals surface area contributed by atoms with Gasteiger partial charge in [0.1, 0.15) is 12.6 Å². The molecule has 0 N–H and O–H groups in total. The number of carbonyl (C=O) groups is 1. The molecule has 0 aromatic carbocycles. The van der Waals surface area contributed by atoms with Gasteiger partial charge in [-0.2, -0.15) is 0 Å². The number of carbonyl (C=O) groups excluding carboxylic acids is 1. The zero-order valence-electron chi connectivity index (χ0n) is 7.82. The minimum Gasteiger partial charge on any atom is -0.299 e. The van der Waals surface area contributed by atoms with E-state index in [1.807, 2.05) is 0 Å². The van der Waals surface area contributed by atoms with Crippen LogP contribution >= 0.6 is 0 Å². The van der Waals surface area contributed by atoms with E-state index in [0.29, 0.717) is 17.8 Å². The van der Waals surface area contributed by atoms with Crippen LogP contribution in [0.1, 0.15) is 5.69 Å². The second-order valence-corrected chi connectivity index (χ2v) is 2.76. The molecule has 0 atom stereocenters. The molecule has 5 heteroatoms. The largest absolute Gasteiger partial charge is 0.299 e. The third kappa shape index (κ3) is 2.14. The van der Waals surface area contributed by atoms with Crippen LogP contribution in [-0.4, -0.2) is 25.8 Å². The Kier molecular flexibility index (Phi) is 2.64. The van der Waals surface area contributed by atoms with Crippen molar-refractivity contribution in [1.82, 2.24) is 19.5 Å². The first-order valence-electron chi connectivity index (χ1n) is 4.32. The number of allylic oxidation sites excluding steroid dienone is 1. The van der Waals surface area contributed by atoms with Crippen molar-refractivity contribution in [2.75, 3.05) is 0 Å². The number of rotatable bonds is 3. The predicted octanol–water partition coefficient (Wildman–Crippen LogP) is 0.874. The summed E-state index contributed by atoms with van der Waals surface area (Å²) < 4.78 is 1.73. The first-order chi connectivity index (χ1) is 7.40. The fraction of sp³-hybridized carbons (Fsp3) is 0. The summed E-state index contributed by atoms with van der Waals surface area (Å²) >= 11 is 0. The Labute approximate surface area is 86.1 Å². The van der Waals surface area contributed by atoms with E-state index in [-0.39, 0.29) is 0 Å². The highest BCUT2D eigenvalue weighted by atomic mass is 16.1. The molecule has 0 bridgehead atoms. The fourth-order valence-electron chi connectivity index (χ4n) is 1.11. The van der Waals surface area contributed by atoms with E-state index >= 15 is 0 Å². The minimum atomic E-state index is 0.691. The molecule has 0 unspecified atom stereocenters. The lowest BCUT2D eigenvalue weighted by Gasteiger charge is -1.96. The van der Waals surface area contributed by atoms with Gasteiger partial charge < -0.3 is 0 Å². The van der Waals surface area contributed by atoms with Crippen LogP contribution in [0.15, 0.2) is 37.2 Å². The van der Waals surface area contributed by atoms with Gasteiger partial charge in [0.25, 0.3) is 0 Å². The highest BCUT2D eigenvalue weighted by molar-refractivity contribution is 5.72. The van der Waals surface area contributed by atoms with Gasteiger partial charge in [-0.05, 0) is 12.2 Å². The van der Waals surface area contributed by atoms with Crippen LogP contribution in [0.3, 0.4) is 0 Å². The molecule has 0 radical (unpaired) electrons. The number of aromatic nitrogens is 4. The number of hydrogen-bond acceptors (Lipinski definition) is 4. The molecule has 0 fully saturated rings. The monoisotopic (exact) mass is 200 g/mol. The third-order valence-electron chi connectivity index (χ3n) is 1.76. The van der Waals surface area contributed by atoms with Gasteiger partial charge in [0.05, 0.1) is 11.9 Å². The van der Waals surface area contributed by atoms with E-state index in [1.54, 1.807) is 41.8 Å². The van der Waals surface area contributed by atoms with E-state index in [9.17, 15) is 4.79 Å². The van der Waals surface area contributed by atoms with Crippen LogP contribution in [-0.2, 0) is 4.79 Å². The third-order valence-corrected chi connectivity index (χ3v) is 1.76. The molecule has 2 aromatic heterocycles. The summed E-state index contributed by atoms with van der Waals surface area (Å²) in [5.41, 5.74) is 0.702. The van der Waals surface area contributed by atoms with Crippen LogP contribution in [0.25, 0.3) is 11.9 Å². The lowest BCUT2D eigenvalue weighted by Crippen LogP contribution is -1.93. The zero-order chi connectivity index (χ0) is 10.5. The van der Waals surface area contributed by atoms with Crippen molar-refractivity contribution in [2.45, 2.75) is 0 Å². The Hall–Kier alpha value is -2.30. The minimum absolute atomic E-state index is 0.691. The predicted molar refractivity (Wildman–Crippen MR) is 54.3 cm³/mol. The van der Waals surface area contributed by atoms with Gasteiger partial charge in [0.2, 0.25) is 0 Å². The van der Waals surface area contributed by atoms with Crippen molar-refractivity contribution >= 4 is 12.4 Å². The molecule has 2 rings (SSSR count). The van der Waals surface area contributed by atoms with Crippen LogP contribution in [0.2, 0.25) is 0 Å². The van der Waals surface area contributed by atoms with Crippen LogP contribution in [0.5, 0.6) is 0 Å². The van der Waals surface area contributed by atoms with Crippen molar-refractivity contribution in [2.24, 2.45) is 0 Å². The number of imidazole rings is 1. The van der Waals surface area contributed by atoms with E-state index < -0.39 is 0 Å². The summed E-state index contributed by atoms with van der Waals surface area (Å²) in [6, 6.07) is 0. The smallest absolute Gasteiger partial charge is 0.156 e. The van der Waals surface area contributed by atoms with Crippen molar-refractivity contribution in [3.05, 3.63) is 42.9 Å². The Morgan fingerprint density at radius 3 is 2.93 bits per heavy atom. The number of aldehydes is 1. The van der Waals surface area contributed by atoms with Crippen LogP contribution in [0.4, 0.5) is 0 Å². The van der Waals surface area contributed by atoms with Crippen molar-refractivity contribution in [3.63, 3.8) is 0 Å². The van der Waals surface area contributed by atoms with Gasteiger partial charge in [-0.1, -0.05) is 0 Å². The zero-order valence-corrected chi connectivity index (χ0v) is 7.82. The number of hydrogen-bond donors (Lipinski definition) is 0. The molecule has 0 saturated carbocycles. The normalized spacial score (nSPS) is 10.7. The maximum Gasteiger partial charge on any atom is 0.156 e. The standard InChI is InChI=1S/C10H8N4O/c15-5-1-2-9-7-14(8-13-9)10-6-11-3-4-12-10/h1-8H. The van der Waals surface area contributed by atoms with Crippen molar-refractivity contribution < 1.29 is 4.79 Å². The molecule has 0 amide bonds. The van der Waals surface area contributed by atoms with Gasteiger partial charge >= 0.3 is 0 Å². The lowest BCUT2D eigenvalue weighted by atomic mass is 10.4. The van der Waals surface area contributed by atoms with E-state index in [2.05, 4.69) is 15.0 Å². The van der Waals surface area contributed by atoms with Gasteiger partial charge in [-0.15, -0.1) is 0 Å². The molecule has 15 heavy (non-hydrogen) atoms. The summed E-state index contributed by atoms with van der Waals surface area (Å²) in [6.07, 6.45) is 12.0. The maximum absolute atomic E-state index is 10.1. The first kappa shape index (κ1) is 9.26. The summed E-state index contributed by atoms with van der Waals surface area (Å²) in [6.45, 7) is 0. The molecular formula is C10H8N4O. The molecule has 2 aromatic rings. The summed E-state index contributed by atoms with van der Waals surface area (Å²) in [5.74, 6) is 0.691. The van der Waals surface area contributed by atoms with E-state index in [4.69, 9.17) is 0 Å². The quantitative estimate of drug-likeness (QED) is 0.545. The summed E-state index contributed by atoms with van der Waals surface area (Å²) in [7, 11) is 0. The second kappa shape index (κ2) is 4.28. The molecule has 2 heterocycles. The molecule has 74 valence electrons. The van der Waals surface area contributed by atoms with Gasteiger partial charge in [-0.25, -0.2) is 9.97 Å². The fourth-order valence-corrected chi connectivity index (χ4v) is 1.11. The van der Waals surface area contributed by atoms with Crippen LogP contribution in [0, 0.1) is 0 Å². The highest BCUT2D eigenvalue weighted by Gasteiger charge is 1.98. The van der Waals surface area contributed by atoms with E-state index in [0.717, 1.165) is 0 Å². The molecule has 0 aliphatic rings. The topological polar surface area (TPSA) is 60.7 Å². The Balaban J connectivity index is 2.28. The Morgan fingerprint density at radius 1 is 1.27 bits per heavy atom. The second-order valence-electron chi connectivity index (χ2n) is 2.76. The average Bonchev–Trinajstić information content (AvgIpc) is 2.76. The molecule has 5 nitrogen and oxygen atoms in total. The molecular weight excluding hydrogens is 192 g/mol. The Morgan fingerprint density at radius 2 is 2.20 bits per heavy atom. The average molecular weight is 200 g/mol. The number of nitrogens with zero attached hydrogens (tertiary/aromatic N) is 4. The maximum atomic E-state index is 10.1. The Bertz CT molecular complexity index is 475. The van der Waals surface area contributed by atoms with Gasteiger partial charge in [-0.3, -0.25) is 14.3 Å². The van der Waals surface area contributed by atoms with Crippen molar-refractivity contribution in [1.29, 1.82) is 0 Å². The molecule has 0 spiro atoms. The van der Waals surface area contributed by atoms with Crippen LogP contribution < -0.4 is 0 Å². The first-order valence-corrected chi connectivity index (χ1v) is 4.32. The van der Waals surface area contributed by atoms with Gasteiger partial charge in [0.15, 0.2) is 5.82 Å².